The normalized spacial score (nSPS) is 19.3. The first kappa shape index (κ1) is 21.9. The van der Waals surface area contributed by atoms with E-state index in [0.717, 1.165) is 17.7 Å². The molecule has 6 nitrogen and oxygen atoms in total. The van der Waals surface area contributed by atoms with Gasteiger partial charge in [0.25, 0.3) is 0 Å². The summed E-state index contributed by atoms with van der Waals surface area (Å²) in [5.74, 6) is -1.11. The first-order valence-electron chi connectivity index (χ1n) is 10.1. The molecule has 2 aliphatic rings. The number of carbonyl (C=O) groups is 2. The van der Waals surface area contributed by atoms with Gasteiger partial charge in [-0.05, 0) is 54.7 Å². The number of aliphatic hydroxyl groups excluding tert-OH is 1. The Kier molecular flexibility index (Phi) is 5.92. The predicted octanol–water partition coefficient (Wildman–Crippen LogP) is 4.00. The number of ether oxygens (including phenoxy) is 1. The fourth-order valence-electron chi connectivity index (χ4n) is 3.84. The summed E-state index contributed by atoms with van der Waals surface area (Å²) in [7, 11) is 0. The van der Waals surface area contributed by atoms with Crippen LogP contribution in [0.1, 0.15) is 29.5 Å². The fraction of sp³-hybridized carbons (Fsp3) is 0.304. The number of fused-ring (bicyclic) bond motifs is 2. The lowest BCUT2D eigenvalue weighted by Crippen LogP contribution is -2.32. The highest BCUT2D eigenvalue weighted by Crippen LogP contribution is 2.38. The molecule has 0 radical (unpaired) electrons. The van der Waals surface area contributed by atoms with Gasteiger partial charge >= 0.3 is 6.18 Å². The van der Waals surface area contributed by atoms with Crippen LogP contribution >= 0.6 is 0 Å². The number of nitrogens with one attached hydrogen (secondary N) is 2. The van der Waals surface area contributed by atoms with E-state index in [2.05, 4.69) is 10.6 Å². The quantitative estimate of drug-likeness (QED) is 0.622. The third-order valence-electron chi connectivity index (χ3n) is 5.50. The lowest BCUT2D eigenvalue weighted by atomic mass is 9.93. The Hall–Kier alpha value is -3.33. The summed E-state index contributed by atoms with van der Waals surface area (Å²) >= 11 is 0. The van der Waals surface area contributed by atoms with E-state index in [1.807, 2.05) is 0 Å². The van der Waals surface area contributed by atoms with Gasteiger partial charge in [-0.3, -0.25) is 9.59 Å². The van der Waals surface area contributed by atoms with Crippen LogP contribution in [0.4, 0.5) is 24.5 Å². The molecule has 2 aromatic carbocycles. The van der Waals surface area contributed by atoms with E-state index in [1.54, 1.807) is 18.2 Å². The number of amides is 2. The highest BCUT2D eigenvalue weighted by Gasteiger charge is 2.32. The second-order valence-electron chi connectivity index (χ2n) is 7.76. The van der Waals surface area contributed by atoms with Crippen LogP contribution in [0.3, 0.4) is 0 Å². The second-order valence-corrected chi connectivity index (χ2v) is 7.76. The largest absolute Gasteiger partial charge is 0.493 e. The van der Waals surface area contributed by atoms with Gasteiger partial charge in [-0.25, -0.2) is 0 Å². The molecule has 0 spiro atoms. The van der Waals surface area contributed by atoms with Crippen LogP contribution in [0.25, 0.3) is 5.57 Å². The topological polar surface area (TPSA) is 87.7 Å². The lowest BCUT2D eigenvalue weighted by molar-refractivity contribution is -0.137. The number of aliphatic hydroxyl groups is 1. The maximum absolute atomic E-state index is 13.0. The lowest BCUT2D eigenvalue weighted by Gasteiger charge is -2.23. The molecule has 9 heteroatoms. The van der Waals surface area contributed by atoms with Gasteiger partial charge in [0, 0.05) is 23.0 Å². The van der Waals surface area contributed by atoms with Crippen LogP contribution in [0.15, 0.2) is 42.5 Å². The van der Waals surface area contributed by atoms with Crippen molar-refractivity contribution in [3.05, 3.63) is 59.2 Å². The summed E-state index contributed by atoms with van der Waals surface area (Å²) in [5.41, 5.74) is 2.12. The molecule has 0 fully saturated rings. The minimum absolute atomic E-state index is 0.103. The van der Waals surface area contributed by atoms with Gasteiger partial charge in [0.1, 0.15) is 5.75 Å². The number of benzene rings is 2. The Labute approximate surface area is 182 Å². The molecule has 0 aromatic heterocycles. The minimum atomic E-state index is -4.48. The molecule has 3 N–H and O–H groups in total. The van der Waals surface area contributed by atoms with Crippen molar-refractivity contribution < 1.29 is 32.6 Å². The summed E-state index contributed by atoms with van der Waals surface area (Å²) in [6, 6.07) is 8.36. The fourth-order valence-corrected chi connectivity index (χ4v) is 3.84. The van der Waals surface area contributed by atoms with Crippen molar-refractivity contribution >= 4 is 28.8 Å². The van der Waals surface area contributed by atoms with Gasteiger partial charge in [-0.2, -0.15) is 13.2 Å². The van der Waals surface area contributed by atoms with Crippen molar-refractivity contribution in [1.82, 2.24) is 0 Å². The van der Waals surface area contributed by atoms with Crippen LogP contribution in [0.5, 0.6) is 5.75 Å². The molecule has 1 atom stereocenters. The molecular formula is C23H21F3N2O4. The summed E-state index contributed by atoms with van der Waals surface area (Å²) < 4.78 is 44.5. The summed E-state index contributed by atoms with van der Waals surface area (Å²) in [6.45, 7) is 0.0135. The standard InChI is InChI=1S/C23H21F3N2O4/c24-23(25,26)16-4-6-18-13(2-1-7-32-20(18)10-16)9-21(30)27-17-5-3-14-8-15(12-29)22(31)28-19(14)11-17/h3-6,9-11,15,29H,1-2,7-8,12H2,(H,27,30)(H,28,31). The molecule has 32 heavy (non-hydrogen) atoms. The highest BCUT2D eigenvalue weighted by molar-refractivity contribution is 6.05. The zero-order chi connectivity index (χ0) is 22.9. The average Bonchev–Trinajstić information content (AvgIpc) is 2.94. The SMILES string of the molecule is O=C(C=C1CCCOc2cc(C(F)(F)F)ccc21)Nc1ccc2c(c1)NC(=O)C(CO)C2. The monoisotopic (exact) mass is 446 g/mol. The summed E-state index contributed by atoms with van der Waals surface area (Å²) in [5, 5.41) is 14.7. The Morgan fingerprint density at radius 1 is 1.25 bits per heavy atom. The average molecular weight is 446 g/mol. The molecule has 0 bridgehead atoms. The van der Waals surface area contributed by atoms with Gasteiger partial charge in [-0.1, -0.05) is 12.1 Å². The number of hydrogen-bond acceptors (Lipinski definition) is 4. The molecular weight excluding hydrogens is 425 g/mol. The van der Waals surface area contributed by atoms with Crippen molar-refractivity contribution in [2.45, 2.75) is 25.4 Å². The Bertz CT molecular complexity index is 1100. The smallest absolute Gasteiger partial charge is 0.416 e. The molecule has 2 aliphatic heterocycles. The molecule has 2 aromatic rings. The molecule has 4 rings (SSSR count). The Morgan fingerprint density at radius 2 is 2.06 bits per heavy atom. The molecule has 2 amide bonds. The first-order valence-corrected chi connectivity index (χ1v) is 10.1. The molecule has 0 aliphatic carbocycles. The molecule has 168 valence electrons. The highest BCUT2D eigenvalue weighted by atomic mass is 19.4. The minimum Gasteiger partial charge on any atom is -0.493 e. The zero-order valence-electron chi connectivity index (χ0n) is 17.0. The van der Waals surface area contributed by atoms with Gasteiger partial charge < -0.3 is 20.5 Å². The molecule has 1 unspecified atom stereocenters. The van der Waals surface area contributed by atoms with E-state index in [0.29, 0.717) is 41.8 Å². The Balaban J connectivity index is 1.55. The number of alkyl halides is 3. The van der Waals surface area contributed by atoms with Crippen molar-refractivity contribution in [1.29, 1.82) is 0 Å². The maximum atomic E-state index is 13.0. The van der Waals surface area contributed by atoms with Crippen molar-refractivity contribution in [3.63, 3.8) is 0 Å². The number of allylic oxidation sites excluding steroid dienone is 1. The van der Waals surface area contributed by atoms with Crippen LogP contribution in [0, 0.1) is 5.92 Å². The van der Waals surface area contributed by atoms with E-state index < -0.39 is 23.6 Å². The van der Waals surface area contributed by atoms with Crippen molar-refractivity contribution in [2.75, 3.05) is 23.8 Å². The van der Waals surface area contributed by atoms with Gasteiger partial charge in [0.05, 0.1) is 24.7 Å². The third kappa shape index (κ3) is 4.62. The number of rotatable bonds is 3. The third-order valence-corrected chi connectivity index (χ3v) is 5.50. The van der Waals surface area contributed by atoms with E-state index in [9.17, 15) is 27.9 Å². The van der Waals surface area contributed by atoms with E-state index >= 15 is 0 Å². The maximum Gasteiger partial charge on any atom is 0.416 e. The van der Waals surface area contributed by atoms with Crippen molar-refractivity contribution in [3.8, 4) is 5.75 Å². The molecule has 0 saturated carbocycles. The van der Waals surface area contributed by atoms with Crippen molar-refractivity contribution in [2.24, 2.45) is 5.92 Å². The first-order chi connectivity index (χ1) is 15.2. The predicted molar refractivity (Wildman–Crippen MR) is 112 cm³/mol. The van der Waals surface area contributed by atoms with E-state index in [1.165, 1.54) is 12.1 Å². The van der Waals surface area contributed by atoms with Crippen LogP contribution in [0.2, 0.25) is 0 Å². The number of anilines is 2. The van der Waals surface area contributed by atoms with Gasteiger partial charge in [-0.15, -0.1) is 0 Å². The summed E-state index contributed by atoms with van der Waals surface area (Å²) in [4.78, 5) is 24.6. The zero-order valence-corrected chi connectivity index (χ0v) is 17.0. The van der Waals surface area contributed by atoms with Gasteiger partial charge in [0.2, 0.25) is 11.8 Å². The summed E-state index contributed by atoms with van der Waals surface area (Å²) in [6.07, 6.45) is -1.67. The van der Waals surface area contributed by atoms with Crippen LogP contribution in [-0.4, -0.2) is 30.1 Å². The Morgan fingerprint density at radius 3 is 2.81 bits per heavy atom. The number of hydrogen-bond donors (Lipinski definition) is 3. The van der Waals surface area contributed by atoms with Crippen LogP contribution in [-0.2, 0) is 22.2 Å². The number of carbonyl (C=O) groups excluding carboxylic acids is 2. The molecule has 2 heterocycles. The van der Waals surface area contributed by atoms with Gasteiger partial charge in [0.15, 0.2) is 0 Å². The second kappa shape index (κ2) is 8.66. The van der Waals surface area contributed by atoms with E-state index in [-0.39, 0.29) is 24.9 Å². The van der Waals surface area contributed by atoms with Crippen LogP contribution < -0.4 is 15.4 Å². The number of halogens is 3. The van der Waals surface area contributed by atoms with E-state index in [4.69, 9.17) is 4.74 Å². The molecule has 0 saturated heterocycles.